The Balaban J connectivity index is 1.99. The normalized spacial score (nSPS) is 11.0. The highest BCUT2D eigenvalue weighted by atomic mass is 79.9. The van der Waals surface area contributed by atoms with Crippen LogP contribution in [-0.2, 0) is 10.2 Å². The molecule has 0 unspecified atom stereocenters. The SMILES string of the molecule is COc1ccc(NC(=O)COc2ccc(C(C)(C)C)cc2Br)cc1OC. The third-order valence-corrected chi connectivity index (χ3v) is 4.44. The Morgan fingerprint density at radius 2 is 1.65 bits per heavy atom. The number of ether oxygens (including phenoxy) is 3. The maximum Gasteiger partial charge on any atom is 0.262 e. The number of anilines is 1. The van der Waals surface area contributed by atoms with Crippen molar-refractivity contribution in [2.75, 3.05) is 26.1 Å². The molecule has 5 nitrogen and oxygen atoms in total. The fourth-order valence-corrected chi connectivity index (χ4v) is 2.83. The molecule has 0 fully saturated rings. The molecule has 0 radical (unpaired) electrons. The first kappa shape index (κ1) is 20.1. The molecule has 0 aromatic heterocycles. The van der Waals surface area contributed by atoms with Gasteiger partial charge in [-0.2, -0.15) is 0 Å². The van der Waals surface area contributed by atoms with Crippen molar-refractivity contribution in [2.45, 2.75) is 26.2 Å². The summed E-state index contributed by atoms with van der Waals surface area (Å²) in [7, 11) is 3.11. The number of benzene rings is 2. The van der Waals surface area contributed by atoms with E-state index in [2.05, 4.69) is 42.0 Å². The van der Waals surface area contributed by atoms with Crippen LogP contribution in [0.4, 0.5) is 5.69 Å². The zero-order valence-corrected chi connectivity index (χ0v) is 17.3. The second-order valence-corrected chi connectivity index (χ2v) is 7.66. The first-order valence-corrected chi connectivity index (χ1v) is 8.98. The van der Waals surface area contributed by atoms with Crippen LogP contribution >= 0.6 is 15.9 Å². The number of hydrogen-bond acceptors (Lipinski definition) is 4. The van der Waals surface area contributed by atoms with E-state index in [1.807, 2.05) is 18.2 Å². The summed E-state index contributed by atoms with van der Waals surface area (Å²) in [5, 5.41) is 2.78. The summed E-state index contributed by atoms with van der Waals surface area (Å²) >= 11 is 3.50. The number of carbonyl (C=O) groups excluding carboxylic acids is 1. The maximum absolute atomic E-state index is 12.2. The van der Waals surface area contributed by atoms with Gasteiger partial charge in [0.05, 0.1) is 18.7 Å². The predicted octanol–water partition coefficient (Wildman–Crippen LogP) is 4.78. The lowest BCUT2D eigenvalue weighted by Gasteiger charge is -2.20. The van der Waals surface area contributed by atoms with Gasteiger partial charge in [-0.3, -0.25) is 4.79 Å². The number of halogens is 1. The summed E-state index contributed by atoms with van der Waals surface area (Å²) < 4.78 is 16.9. The van der Waals surface area contributed by atoms with Crippen molar-refractivity contribution in [2.24, 2.45) is 0 Å². The number of nitrogens with one attached hydrogen (secondary N) is 1. The lowest BCUT2D eigenvalue weighted by atomic mass is 9.87. The van der Waals surface area contributed by atoms with Crippen LogP contribution in [-0.4, -0.2) is 26.7 Å². The smallest absolute Gasteiger partial charge is 0.262 e. The molecule has 0 saturated heterocycles. The molecule has 0 aliphatic rings. The van der Waals surface area contributed by atoms with Crippen LogP contribution < -0.4 is 19.5 Å². The lowest BCUT2D eigenvalue weighted by molar-refractivity contribution is -0.118. The molecule has 140 valence electrons. The highest BCUT2D eigenvalue weighted by Crippen LogP contribution is 2.32. The lowest BCUT2D eigenvalue weighted by Crippen LogP contribution is -2.20. The van der Waals surface area contributed by atoms with Crippen molar-refractivity contribution in [3.8, 4) is 17.2 Å². The molecule has 2 rings (SSSR count). The first-order chi connectivity index (χ1) is 12.2. The number of hydrogen-bond donors (Lipinski definition) is 1. The number of rotatable bonds is 6. The van der Waals surface area contributed by atoms with E-state index in [0.29, 0.717) is 22.9 Å². The fourth-order valence-electron chi connectivity index (χ4n) is 2.34. The third kappa shape index (κ3) is 5.14. The molecule has 1 amide bonds. The van der Waals surface area contributed by atoms with Crippen LogP contribution in [0.25, 0.3) is 0 Å². The minimum atomic E-state index is -0.260. The highest BCUT2D eigenvalue weighted by Gasteiger charge is 2.16. The zero-order chi connectivity index (χ0) is 19.3. The zero-order valence-electron chi connectivity index (χ0n) is 15.7. The highest BCUT2D eigenvalue weighted by molar-refractivity contribution is 9.10. The van der Waals surface area contributed by atoms with E-state index in [9.17, 15) is 4.79 Å². The van der Waals surface area contributed by atoms with Gasteiger partial charge >= 0.3 is 0 Å². The predicted molar refractivity (Wildman–Crippen MR) is 107 cm³/mol. The standard InChI is InChI=1S/C20H24BrNO4/c1-20(2,3)13-6-8-16(15(21)10-13)26-12-19(23)22-14-7-9-17(24-4)18(11-14)25-5/h6-11H,12H2,1-5H3,(H,22,23). The summed E-state index contributed by atoms with van der Waals surface area (Å²) in [6, 6.07) is 11.1. The number of carbonyl (C=O) groups is 1. The quantitative estimate of drug-likeness (QED) is 0.728. The van der Waals surface area contributed by atoms with E-state index < -0.39 is 0 Å². The topological polar surface area (TPSA) is 56.8 Å². The monoisotopic (exact) mass is 421 g/mol. The summed E-state index contributed by atoms with van der Waals surface area (Å²) in [4.78, 5) is 12.2. The van der Waals surface area contributed by atoms with Gasteiger partial charge in [-0.25, -0.2) is 0 Å². The molecule has 0 aliphatic heterocycles. The summed E-state index contributed by atoms with van der Waals surface area (Å²) in [5.41, 5.74) is 1.84. The van der Waals surface area contributed by atoms with Crippen molar-refractivity contribution in [1.82, 2.24) is 0 Å². The average molecular weight is 422 g/mol. The molecule has 0 bridgehead atoms. The van der Waals surface area contributed by atoms with Crippen LogP contribution in [0.2, 0.25) is 0 Å². The van der Waals surface area contributed by atoms with Crippen molar-refractivity contribution in [3.05, 3.63) is 46.4 Å². The van der Waals surface area contributed by atoms with Crippen LogP contribution in [0.1, 0.15) is 26.3 Å². The largest absolute Gasteiger partial charge is 0.493 e. The van der Waals surface area contributed by atoms with Crippen LogP contribution in [0.15, 0.2) is 40.9 Å². The molecule has 1 N–H and O–H groups in total. The van der Waals surface area contributed by atoms with Gasteiger partial charge in [0.15, 0.2) is 18.1 Å². The first-order valence-electron chi connectivity index (χ1n) is 8.19. The Morgan fingerprint density at radius 3 is 2.23 bits per heavy atom. The molecule has 0 atom stereocenters. The molecule has 2 aromatic rings. The van der Waals surface area contributed by atoms with E-state index in [1.165, 1.54) is 5.56 Å². The molecule has 0 heterocycles. The molecule has 0 aliphatic carbocycles. The fraction of sp³-hybridized carbons (Fsp3) is 0.350. The second kappa shape index (κ2) is 8.45. The van der Waals surface area contributed by atoms with Gasteiger partial charge in [0, 0.05) is 11.8 Å². The molecule has 2 aromatic carbocycles. The van der Waals surface area contributed by atoms with Crippen molar-refractivity contribution in [1.29, 1.82) is 0 Å². The van der Waals surface area contributed by atoms with Crippen LogP contribution in [0.5, 0.6) is 17.2 Å². The van der Waals surface area contributed by atoms with Crippen molar-refractivity contribution < 1.29 is 19.0 Å². The van der Waals surface area contributed by atoms with Gasteiger partial charge in [-0.05, 0) is 51.2 Å². The van der Waals surface area contributed by atoms with Gasteiger partial charge in [0.25, 0.3) is 5.91 Å². The van der Waals surface area contributed by atoms with E-state index in [1.54, 1.807) is 32.4 Å². The summed E-state index contributed by atoms with van der Waals surface area (Å²) in [6.07, 6.45) is 0. The Bertz CT molecular complexity index is 784. The Hall–Kier alpha value is -2.21. The van der Waals surface area contributed by atoms with Crippen molar-refractivity contribution in [3.63, 3.8) is 0 Å². The molecule has 0 saturated carbocycles. The van der Waals surface area contributed by atoms with Crippen LogP contribution in [0, 0.1) is 0 Å². The second-order valence-electron chi connectivity index (χ2n) is 6.80. The third-order valence-electron chi connectivity index (χ3n) is 3.82. The molecule has 26 heavy (non-hydrogen) atoms. The van der Waals surface area contributed by atoms with E-state index in [4.69, 9.17) is 14.2 Å². The van der Waals surface area contributed by atoms with Gasteiger partial charge < -0.3 is 19.5 Å². The Labute approximate surface area is 162 Å². The van der Waals surface area contributed by atoms with Gasteiger partial charge in [0.1, 0.15) is 5.75 Å². The van der Waals surface area contributed by atoms with Crippen molar-refractivity contribution >= 4 is 27.5 Å². The summed E-state index contributed by atoms with van der Waals surface area (Å²) in [5.74, 6) is 1.51. The number of amides is 1. The molecular formula is C20H24BrNO4. The molecule has 6 heteroatoms. The Morgan fingerprint density at radius 1 is 1.00 bits per heavy atom. The molecule has 0 spiro atoms. The molecular weight excluding hydrogens is 398 g/mol. The summed E-state index contributed by atoms with van der Waals surface area (Å²) in [6.45, 7) is 6.34. The number of methoxy groups -OCH3 is 2. The average Bonchev–Trinajstić information content (AvgIpc) is 2.59. The Kier molecular flexibility index (Phi) is 6.53. The van der Waals surface area contributed by atoms with E-state index in [-0.39, 0.29) is 17.9 Å². The maximum atomic E-state index is 12.2. The van der Waals surface area contributed by atoms with Gasteiger partial charge in [-0.15, -0.1) is 0 Å². The van der Waals surface area contributed by atoms with Gasteiger partial charge in [0.2, 0.25) is 0 Å². The minimum Gasteiger partial charge on any atom is -0.493 e. The minimum absolute atomic E-state index is 0.0475. The van der Waals surface area contributed by atoms with E-state index >= 15 is 0 Å². The van der Waals surface area contributed by atoms with E-state index in [0.717, 1.165) is 4.47 Å². The van der Waals surface area contributed by atoms with Gasteiger partial charge in [-0.1, -0.05) is 26.8 Å². The van der Waals surface area contributed by atoms with Crippen LogP contribution in [0.3, 0.4) is 0 Å².